The van der Waals surface area contributed by atoms with Crippen LogP contribution >= 0.6 is 11.3 Å². The quantitative estimate of drug-likeness (QED) is 0.251. The fourth-order valence-electron chi connectivity index (χ4n) is 4.92. The first kappa shape index (κ1) is 20.8. The van der Waals surface area contributed by atoms with E-state index in [-0.39, 0.29) is 0 Å². The first-order valence-electron chi connectivity index (χ1n) is 11.5. The normalized spacial score (nSPS) is 11.5. The van der Waals surface area contributed by atoms with Crippen molar-refractivity contribution in [1.82, 2.24) is 4.98 Å². The van der Waals surface area contributed by atoms with Crippen molar-refractivity contribution in [3.8, 4) is 26.7 Å². The minimum atomic E-state index is 0.682. The molecule has 0 aliphatic heterocycles. The molecule has 3 heterocycles. The highest BCUT2D eigenvalue weighted by Crippen LogP contribution is 2.39. The number of pyridine rings is 1. The Morgan fingerprint density at radius 3 is 2.29 bits per heavy atom. The molecule has 0 saturated carbocycles. The third kappa shape index (κ3) is 3.17. The number of aryl methyl sites for hydroxylation is 3. The molecule has 34 heavy (non-hydrogen) atoms. The van der Waals surface area contributed by atoms with Gasteiger partial charge in [0.25, 0.3) is 5.01 Å². The van der Waals surface area contributed by atoms with Gasteiger partial charge >= 0.3 is 0 Å². The predicted octanol–water partition coefficient (Wildman–Crippen LogP) is 7.89. The van der Waals surface area contributed by atoms with Crippen LogP contribution in [0.1, 0.15) is 22.4 Å². The predicted molar refractivity (Wildman–Crippen MR) is 141 cm³/mol. The van der Waals surface area contributed by atoms with Gasteiger partial charge in [0.2, 0.25) is 17.1 Å². The van der Waals surface area contributed by atoms with Crippen LogP contribution in [0.15, 0.2) is 83.4 Å². The van der Waals surface area contributed by atoms with E-state index in [1.807, 2.05) is 17.4 Å². The lowest BCUT2D eigenvalue weighted by molar-refractivity contribution is -0.585. The second-order valence-corrected chi connectivity index (χ2v) is 9.88. The third-order valence-electron chi connectivity index (χ3n) is 6.60. The van der Waals surface area contributed by atoms with E-state index in [4.69, 9.17) is 4.42 Å². The molecule has 0 radical (unpaired) electrons. The molecule has 0 saturated heterocycles. The Balaban J connectivity index is 1.71. The van der Waals surface area contributed by atoms with E-state index >= 15 is 0 Å². The van der Waals surface area contributed by atoms with Gasteiger partial charge in [0.05, 0.1) is 5.56 Å². The van der Waals surface area contributed by atoms with Crippen LogP contribution in [0.25, 0.3) is 48.8 Å². The molecule has 6 aromatic rings. The SMILES string of the molecule is Cc1cc2oc3ncccc3c2cc1-[n+]1c(-c2c(C)cccc2C)sc(-c2ccccc2)c1C. The summed E-state index contributed by atoms with van der Waals surface area (Å²) >= 11 is 1.86. The first-order valence-corrected chi connectivity index (χ1v) is 12.3. The van der Waals surface area contributed by atoms with Crippen LogP contribution in [0.3, 0.4) is 0 Å². The lowest BCUT2D eigenvalue weighted by Gasteiger charge is -2.08. The summed E-state index contributed by atoms with van der Waals surface area (Å²) in [5, 5.41) is 3.39. The zero-order valence-electron chi connectivity index (χ0n) is 19.7. The maximum Gasteiger partial charge on any atom is 0.276 e. The molecule has 4 heteroatoms. The molecule has 0 N–H and O–H groups in total. The van der Waals surface area contributed by atoms with Crippen molar-refractivity contribution >= 4 is 33.4 Å². The molecule has 166 valence electrons. The van der Waals surface area contributed by atoms with Gasteiger partial charge in [-0.25, -0.2) is 4.98 Å². The highest BCUT2D eigenvalue weighted by atomic mass is 32.1. The van der Waals surface area contributed by atoms with Crippen molar-refractivity contribution in [2.75, 3.05) is 0 Å². The number of rotatable bonds is 3. The lowest BCUT2D eigenvalue weighted by Crippen LogP contribution is -2.35. The van der Waals surface area contributed by atoms with Crippen LogP contribution in [0.4, 0.5) is 0 Å². The summed E-state index contributed by atoms with van der Waals surface area (Å²) in [5.41, 5.74) is 10.3. The number of benzene rings is 3. The second-order valence-electron chi connectivity index (χ2n) is 8.88. The maximum atomic E-state index is 6.06. The molecular weight excluding hydrogens is 436 g/mol. The molecule has 6 rings (SSSR count). The second kappa shape index (κ2) is 7.93. The Labute approximate surface area is 203 Å². The summed E-state index contributed by atoms with van der Waals surface area (Å²) in [4.78, 5) is 5.72. The van der Waals surface area contributed by atoms with Crippen LogP contribution in [0.5, 0.6) is 0 Å². The lowest BCUT2D eigenvalue weighted by atomic mass is 10.0. The number of fused-ring (bicyclic) bond motifs is 3. The van der Waals surface area contributed by atoms with Crippen molar-refractivity contribution in [1.29, 1.82) is 0 Å². The van der Waals surface area contributed by atoms with E-state index in [1.54, 1.807) is 6.20 Å². The van der Waals surface area contributed by atoms with Crippen LogP contribution in [0.2, 0.25) is 0 Å². The van der Waals surface area contributed by atoms with Gasteiger partial charge in [-0.3, -0.25) is 0 Å². The van der Waals surface area contributed by atoms with Gasteiger partial charge in [0.15, 0.2) is 0 Å². The Morgan fingerprint density at radius 2 is 1.53 bits per heavy atom. The van der Waals surface area contributed by atoms with Crippen molar-refractivity contribution in [3.63, 3.8) is 0 Å². The maximum absolute atomic E-state index is 6.06. The van der Waals surface area contributed by atoms with Gasteiger partial charge < -0.3 is 4.42 Å². The van der Waals surface area contributed by atoms with E-state index in [9.17, 15) is 0 Å². The van der Waals surface area contributed by atoms with Crippen LogP contribution in [-0.2, 0) is 0 Å². The number of nitrogens with zero attached hydrogens (tertiary/aromatic N) is 2. The van der Waals surface area contributed by atoms with Crippen LogP contribution in [0, 0.1) is 27.7 Å². The molecule has 0 fully saturated rings. The van der Waals surface area contributed by atoms with Crippen molar-refractivity contribution in [3.05, 3.63) is 101 Å². The fourth-order valence-corrected chi connectivity index (χ4v) is 6.36. The number of hydrogen-bond donors (Lipinski definition) is 0. The Bertz CT molecular complexity index is 1670. The Kier molecular flexibility index (Phi) is 4.85. The average Bonchev–Trinajstić information content (AvgIpc) is 3.36. The highest BCUT2D eigenvalue weighted by molar-refractivity contribution is 7.18. The first-order chi connectivity index (χ1) is 16.5. The molecule has 3 aromatic carbocycles. The summed E-state index contributed by atoms with van der Waals surface area (Å²) in [6, 6.07) is 25.7. The molecule has 0 spiro atoms. The van der Waals surface area contributed by atoms with Crippen molar-refractivity contribution < 1.29 is 8.98 Å². The van der Waals surface area contributed by atoms with E-state index < -0.39 is 0 Å². The smallest absolute Gasteiger partial charge is 0.276 e. The van der Waals surface area contributed by atoms with Crippen molar-refractivity contribution in [2.24, 2.45) is 0 Å². The molecule has 3 nitrogen and oxygen atoms in total. The van der Waals surface area contributed by atoms with E-state index in [1.165, 1.54) is 49.1 Å². The average molecular weight is 462 g/mol. The van der Waals surface area contributed by atoms with Gasteiger partial charge in [-0.2, -0.15) is 0 Å². The molecular formula is C30H25N2OS+. The Morgan fingerprint density at radius 1 is 0.765 bits per heavy atom. The third-order valence-corrected chi connectivity index (χ3v) is 7.92. The monoisotopic (exact) mass is 461 g/mol. The zero-order chi connectivity index (χ0) is 23.4. The summed E-state index contributed by atoms with van der Waals surface area (Å²) in [7, 11) is 0. The fraction of sp³-hybridized carbons (Fsp3) is 0.133. The van der Waals surface area contributed by atoms with Crippen LogP contribution < -0.4 is 4.57 Å². The number of aromatic nitrogens is 2. The minimum absolute atomic E-state index is 0.682. The molecule has 0 unspecified atom stereocenters. The van der Waals surface area contributed by atoms with Gasteiger partial charge in [-0.1, -0.05) is 59.9 Å². The van der Waals surface area contributed by atoms with Gasteiger partial charge in [-0.15, -0.1) is 4.57 Å². The Hall–Kier alpha value is -3.76. The zero-order valence-corrected chi connectivity index (χ0v) is 20.5. The molecule has 0 atom stereocenters. The standard InChI is InChI=1S/C30H25N2OS/c1-18-10-8-11-19(2)27(18)30-32(21(4)28(34-30)22-12-6-5-7-13-22)25-17-24-23-14-9-15-31-29(23)33-26(24)16-20(25)3/h5-17H,1-4H3/q+1. The largest absolute Gasteiger partial charge is 0.438 e. The minimum Gasteiger partial charge on any atom is -0.438 e. The van der Waals surface area contributed by atoms with Crippen LogP contribution in [-0.4, -0.2) is 4.98 Å². The molecule has 0 bridgehead atoms. The van der Waals surface area contributed by atoms with Crippen molar-refractivity contribution in [2.45, 2.75) is 27.7 Å². The highest BCUT2D eigenvalue weighted by Gasteiger charge is 2.31. The number of hydrogen-bond acceptors (Lipinski definition) is 3. The van der Waals surface area contributed by atoms with Gasteiger partial charge in [0.1, 0.15) is 10.5 Å². The summed E-state index contributed by atoms with van der Waals surface area (Å²) in [5.74, 6) is 0. The van der Waals surface area contributed by atoms with E-state index in [0.717, 1.165) is 16.4 Å². The van der Waals surface area contributed by atoms with Gasteiger partial charge in [0, 0.05) is 35.5 Å². The van der Waals surface area contributed by atoms with E-state index in [2.05, 4.69) is 104 Å². The summed E-state index contributed by atoms with van der Waals surface area (Å²) < 4.78 is 8.50. The summed E-state index contributed by atoms with van der Waals surface area (Å²) in [6.07, 6.45) is 1.78. The molecule has 3 aromatic heterocycles. The number of thiazole rings is 1. The molecule has 0 amide bonds. The molecule has 0 aliphatic carbocycles. The number of furan rings is 1. The van der Waals surface area contributed by atoms with E-state index in [0.29, 0.717) is 5.71 Å². The van der Waals surface area contributed by atoms with Gasteiger partial charge in [-0.05, 0) is 55.7 Å². The molecule has 0 aliphatic rings. The topological polar surface area (TPSA) is 29.9 Å². The summed E-state index contributed by atoms with van der Waals surface area (Å²) in [6.45, 7) is 8.80.